The lowest BCUT2D eigenvalue weighted by molar-refractivity contribution is 0.387. The molecule has 0 unspecified atom stereocenters. The van der Waals surface area contributed by atoms with Crippen LogP contribution in [0.1, 0.15) is 0 Å². The van der Waals surface area contributed by atoms with Crippen LogP contribution in [0.4, 0.5) is 10.3 Å². The molecule has 2 aromatic heterocycles. The summed E-state index contributed by atoms with van der Waals surface area (Å²) >= 11 is 0. The minimum atomic E-state index is -0.472. The molecule has 0 aliphatic heterocycles. The van der Waals surface area contributed by atoms with E-state index >= 15 is 0 Å². The van der Waals surface area contributed by atoms with E-state index in [0.29, 0.717) is 16.9 Å². The van der Waals surface area contributed by atoms with Gasteiger partial charge in [-0.25, -0.2) is 9.37 Å². The van der Waals surface area contributed by atoms with Crippen molar-refractivity contribution in [3.8, 4) is 11.6 Å². The predicted octanol–water partition coefficient (Wildman–Crippen LogP) is 1.49. The fourth-order valence-corrected chi connectivity index (χ4v) is 2.02. The van der Waals surface area contributed by atoms with Crippen molar-refractivity contribution in [3.05, 3.63) is 30.2 Å². The van der Waals surface area contributed by atoms with E-state index in [4.69, 9.17) is 10.5 Å². The first-order chi connectivity index (χ1) is 9.10. The number of methoxy groups -OCH3 is 1. The van der Waals surface area contributed by atoms with Crippen LogP contribution >= 0.6 is 0 Å². The normalized spacial score (nSPS) is 11.1. The summed E-state index contributed by atoms with van der Waals surface area (Å²) in [5.41, 5.74) is 6.98. The van der Waals surface area contributed by atoms with E-state index in [2.05, 4.69) is 10.1 Å². The molecular formula is C12H12FN5O. The molecule has 0 spiro atoms. The Morgan fingerprint density at radius 1 is 1.37 bits per heavy atom. The summed E-state index contributed by atoms with van der Waals surface area (Å²) in [5, 5.41) is 4.27. The maximum atomic E-state index is 13.6. The third-order valence-electron chi connectivity index (χ3n) is 2.88. The van der Waals surface area contributed by atoms with Crippen molar-refractivity contribution in [3.63, 3.8) is 0 Å². The summed E-state index contributed by atoms with van der Waals surface area (Å²) in [7, 11) is 3.22. The molecule has 2 N–H and O–H groups in total. The number of aryl methyl sites for hydroxylation is 1. The fourth-order valence-electron chi connectivity index (χ4n) is 2.02. The van der Waals surface area contributed by atoms with E-state index in [1.54, 1.807) is 34.6 Å². The molecule has 0 amide bonds. The second-order valence-corrected chi connectivity index (χ2v) is 4.13. The molecule has 0 aliphatic rings. The molecule has 7 heteroatoms. The number of benzene rings is 1. The number of ether oxygens (including phenoxy) is 1. The Hall–Kier alpha value is -2.57. The molecule has 98 valence electrons. The number of hydrogen-bond acceptors (Lipinski definition) is 4. The van der Waals surface area contributed by atoms with Gasteiger partial charge in [-0.1, -0.05) is 0 Å². The van der Waals surface area contributed by atoms with Crippen LogP contribution in [-0.4, -0.2) is 26.4 Å². The Morgan fingerprint density at radius 2 is 2.16 bits per heavy atom. The maximum absolute atomic E-state index is 13.6. The minimum absolute atomic E-state index is 0.143. The lowest BCUT2D eigenvalue weighted by Gasteiger charge is -2.04. The average molecular weight is 261 g/mol. The number of nitrogens with two attached hydrogens (primary N) is 1. The molecule has 0 fully saturated rings. The molecule has 0 bridgehead atoms. The first kappa shape index (κ1) is 11.5. The number of fused-ring (bicyclic) bond motifs is 1. The van der Waals surface area contributed by atoms with Gasteiger partial charge in [0.1, 0.15) is 0 Å². The van der Waals surface area contributed by atoms with E-state index in [9.17, 15) is 4.39 Å². The Bertz CT molecular complexity index is 761. The average Bonchev–Trinajstić information content (AvgIpc) is 2.90. The number of anilines is 1. The second-order valence-electron chi connectivity index (χ2n) is 4.13. The van der Waals surface area contributed by atoms with Gasteiger partial charge in [-0.2, -0.15) is 5.10 Å². The summed E-state index contributed by atoms with van der Waals surface area (Å²) in [6, 6.07) is 4.65. The van der Waals surface area contributed by atoms with Gasteiger partial charge in [-0.3, -0.25) is 9.25 Å². The molecule has 0 radical (unpaired) electrons. The molecule has 3 rings (SSSR count). The topological polar surface area (TPSA) is 70.9 Å². The van der Waals surface area contributed by atoms with E-state index in [1.165, 1.54) is 13.2 Å². The molecule has 1 aromatic carbocycles. The van der Waals surface area contributed by atoms with Gasteiger partial charge in [0.2, 0.25) is 5.95 Å². The van der Waals surface area contributed by atoms with Crippen LogP contribution in [0.25, 0.3) is 16.9 Å². The van der Waals surface area contributed by atoms with E-state index in [0.717, 1.165) is 0 Å². The van der Waals surface area contributed by atoms with E-state index < -0.39 is 5.82 Å². The molecule has 19 heavy (non-hydrogen) atoms. The van der Waals surface area contributed by atoms with Crippen LogP contribution in [0.15, 0.2) is 24.4 Å². The molecule has 2 heterocycles. The van der Waals surface area contributed by atoms with Crippen molar-refractivity contribution in [2.45, 2.75) is 0 Å². The number of hydrogen-bond donors (Lipinski definition) is 1. The SMILES string of the molecule is COc1cc2c(cc1F)nc(N)n2-c1ccn(C)n1. The van der Waals surface area contributed by atoms with Gasteiger partial charge < -0.3 is 10.5 Å². The van der Waals surface area contributed by atoms with Crippen molar-refractivity contribution in [1.29, 1.82) is 0 Å². The predicted molar refractivity (Wildman–Crippen MR) is 68.8 cm³/mol. The zero-order chi connectivity index (χ0) is 13.6. The number of imidazole rings is 1. The molecule has 0 aliphatic carbocycles. The zero-order valence-corrected chi connectivity index (χ0v) is 10.5. The third kappa shape index (κ3) is 1.70. The monoisotopic (exact) mass is 261 g/mol. The second kappa shape index (κ2) is 3.98. The molecule has 6 nitrogen and oxygen atoms in total. The smallest absolute Gasteiger partial charge is 0.207 e. The quantitative estimate of drug-likeness (QED) is 0.758. The third-order valence-corrected chi connectivity index (χ3v) is 2.88. The van der Waals surface area contributed by atoms with Crippen LogP contribution in [0, 0.1) is 5.82 Å². The van der Waals surface area contributed by atoms with Crippen LogP contribution in [0.2, 0.25) is 0 Å². The number of aromatic nitrogens is 4. The first-order valence-corrected chi connectivity index (χ1v) is 5.61. The molecule has 3 aromatic rings. The fraction of sp³-hybridized carbons (Fsp3) is 0.167. The Labute approximate surface area is 108 Å². The Kier molecular flexibility index (Phi) is 2.41. The number of nitrogens with zero attached hydrogens (tertiary/aromatic N) is 4. The van der Waals surface area contributed by atoms with Crippen LogP contribution in [0.5, 0.6) is 5.75 Å². The van der Waals surface area contributed by atoms with Crippen LogP contribution in [0.3, 0.4) is 0 Å². The van der Waals surface area contributed by atoms with Crippen molar-refractivity contribution in [2.24, 2.45) is 7.05 Å². The first-order valence-electron chi connectivity index (χ1n) is 5.61. The van der Waals surface area contributed by atoms with Gasteiger partial charge in [0.05, 0.1) is 18.1 Å². The highest BCUT2D eigenvalue weighted by Crippen LogP contribution is 2.28. The lowest BCUT2D eigenvalue weighted by Crippen LogP contribution is -2.02. The largest absolute Gasteiger partial charge is 0.494 e. The highest BCUT2D eigenvalue weighted by Gasteiger charge is 2.15. The maximum Gasteiger partial charge on any atom is 0.207 e. The van der Waals surface area contributed by atoms with Crippen molar-refractivity contribution >= 4 is 17.0 Å². The van der Waals surface area contributed by atoms with E-state index in [-0.39, 0.29) is 11.7 Å². The number of nitrogen functional groups attached to an aromatic ring is 1. The summed E-state index contributed by atoms with van der Waals surface area (Å²) < 4.78 is 21.9. The van der Waals surface area contributed by atoms with Gasteiger partial charge in [-0.15, -0.1) is 0 Å². The summed E-state index contributed by atoms with van der Waals surface area (Å²) in [5.74, 6) is 0.544. The van der Waals surface area contributed by atoms with Gasteiger partial charge >= 0.3 is 0 Å². The molecule has 0 atom stereocenters. The van der Waals surface area contributed by atoms with Crippen molar-refractivity contribution in [2.75, 3.05) is 12.8 Å². The Morgan fingerprint density at radius 3 is 2.79 bits per heavy atom. The van der Waals surface area contributed by atoms with Crippen LogP contribution in [-0.2, 0) is 7.05 Å². The van der Waals surface area contributed by atoms with Crippen molar-refractivity contribution in [1.82, 2.24) is 19.3 Å². The molecule has 0 saturated carbocycles. The van der Waals surface area contributed by atoms with Gasteiger partial charge in [-0.05, 0) is 0 Å². The number of rotatable bonds is 2. The molecule has 0 saturated heterocycles. The standard InChI is InChI=1S/C12H12FN5O/c1-17-4-3-11(16-17)18-9-6-10(19-2)7(13)5-8(9)15-12(18)14/h3-6H,1-2H3,(H2,14,15). The Balaban J connectivity index is 2.32. The zero-order valence-electron chi connectivity index (χ0n) is 10.5. The summed E-state index contributed by atoms with van der Waals surface area (Å²) in [4.78, 5) is 4.13. The molecular weight excluding hydrogens is 249 g/mol. The van der Waals surface area contributed by atoms with E-state index in [1.807, 2.05) is 0 Å². The van der Waals surface area contributed by atoms with Gasteiger partial charge in [0.15, 0.2) is 17.4 Å². The summed E-state index contributed by atoms with van der Waals surface area (Å²) in [6.07, 6.45) is 1.79. The highest BCUT2D eigenvalue weighted by molar-refractivity contribution is 5.82. The van der Waals surface area contributed by atoms with Gasteiger partial charge in [0.25, 0.3) is 0 Å². The van der Waals surface area contributed by atoms with Crippen molar-refractivity contribution < 1.29 is 9.13 Å². The van der Waals surface area contributed by atoms with Gasteiger partial charge in [0, 0.05) is 31.4 Å². The minimum Gasteiger partial charge on any atom is -0.494 e. The summed E-state index contributed by atoms with van der Waals surface area (Å²) in [6.45, 7) is 0. The number of halogens is 1. The lowest BCUT2D eigenvalue weighted by atomic mass is 10.3. The highest BCUT2D eigenvalue weighted by atomic mass is 19.1. The van der Waals surface area contributed by atoms with Crippen LogP contribution < -0.4 is 10.5 Å².